The maximum atomic E-state index is 14.3. The molecule has 0 radical (unpaired) electrons. The smallest absolute Gasteiger partial charge is 0.326 e. The zero-order valence-electron chi connectivity index (χ0n) is 28.1. The van der Waals surface area contributed by atoms with E-state index in [2.05, 4.69) is 16.0 Å². The number of hydrogen-bond donors (Lipinski definition) is 4. The number of nitrogens with one attached hydrogen (secondary N) is 3. The van der Waals surface area contributed by atoms with E-state index >= 15 is 0 Å². The second kappa shape index (κ2) is 16.5. The predicted molar refractivity (Wildman–Crippen MR) is 172 cm³/mol. The van der Waals surface area contributed by atoms with Crippen LogP contribution in [-0.2, 0) is 40.0 Å². The average Bonchev–Trinajstić information content (AvgIpc) is 3.30. The number of Topliss-reactive ketones (excluding diaryl/α,β-unsaturated/α-hetero) is 1. The summed E-state index contributed by atoms with van der Waals surface area (Å²) in [4.78, 5) is 94.2. The number of rotatable bonds is 16. The van der Waals surface area contributed by atoms with E-state index in [0.717, 1.165) is 0 Å². The third-order valence-electron chi connectivity index (χ3n) is 9.35. The van der Waals surface area contributed by atoms with Crippen LogP contribution in [0.2, 0.25) is 0 Å². The lowest BCUT2D eigenvalue weighted by Gasteiger charge is -2.37. The van der Waals surface area contributed by atoms with Crippen LogP contribution >= 0.6 is 0 Å². The highest BCUT2D eigenvalue weighted by Crippen LogP contribution is 2.37. The number of carbonyl (C=O) groups excluding carboxylic acids is 6. The Hall–Kier alpha value is -4.29. The van der Waals surface area contributed by atoms with Crippen molar-refractivity contribution in [2.45, 2.75) is 97.4 Å². The lowest BCUT2D eigenvalue weighted by Crippen LogP contribution is -2.61. The fourth-order valence-corrected chi connectivity index (χ4v) is 6.62. The molecular formula is C34H49N5O8. The van der Waals surface area contributed by atoms with Gasteiger partial charge >= 0.3 is 5.97 Å². The van der Waals surface area contributed by atoms with Gasteiger partial charge in [0, 0.05) is 19.5 Å². The Morgan fingerprint density at radius 1 is 1.00 bits per heavy atom. The fourth-order valence-electron chi connectivity index (χ4n) is 6.62. The van der Waals surface area contributed by atoms with Crippen molar-refractivity contribution in [1.29, 1.82) is 0 Å². The third-order valence-corrected chi connectivity index (χ3v) is 9.35. The molecular weight excluding hydrogens is 606 g/mol. The highest BCUT2D eigenvalue weighted by molar-refractivity contribution is 6.38. The van der Waals surface area contributed by atoms with Gasteiger partial charge in [0.1, 0.15) is 30.2 Å². The fraction of sp³-hybridized carbons (Fsp3) is 0.618. The molecule has 4 N–H and O–H groups in total. The SMILES string of the molecule is CCCC(C(=O)C(=O)N[C@H](Cc1ccccc1)C(=O)O)N1CC[C@H]2CN(C(=O)[C@@H](NC(=O)[C@H](NC=O)C(C)C)C(C)C)[C@H](C1=O)[C@H]2C. The second-order valence-corrected chi connectivity index (χ2v) is 13.3. The van der Waals surface area contributed by atoms with Gasteiger partial charge in [-0.15, -0.1) is 0 Å². The van der Waals surface area contributed by atoms with Crippen molar-refractivity contribution < 1.29 is 38.7 Å². The molecule has 0 aromatic heterocycles. The quantitative estimate of drug-likeness (QED) is 0.151. The molecule has 47 heavy (non-hydrogen) atoms. The molecule has 0 saturated carbocycles. The maximum absolute atomic E-state index is 14.3. The van der Waals surface area contributed by atoms with Gasteiger partial charge in [-0.1, -0.05) is 78.3 Å². The van der Waals surface area contributed by atoms with Crippen LogP contribution in [0.25, 0.3) is 0 Å². The zero-order chi connectivity index (χ0) is 35.0. The number of nitrogens with zero attached hydrogens (tertiary/aromatic N) is 2. The summed E-state index contributed by atoms with van der Waals surface area (Å²) < 4.78 is 0. The maximum Gasteiger partial charge on any atom is 0.326 e. The predicted octanol–water partition coefficient (Wildman–Crippen LogP) is 1.14. The van der Waals surface area contributed by atoms with Crippen LogP contribution in [0.5, 0.6) is 0 Å². The van der Waals surface area contributed by atoms with Crippen molar-refractivity contribution in [3.8, 4) is 0 Å². The minimum absolute atomic E-state index is 0.0225. The molecule has 2 aliphatic rings. The lowest BCUT2D eigenvalue weighted by molar-refractivity contribution is -0.153. The number of benzene rings is 1. The van der Waals surface area contributed by atoms with Gasteiger partial charge in [0.15, 0.2) is 0 Å². The summed E-state index contributed by atoms with van der Waals surface area (Å²) in [7, 11) is 0. The highest BCUT2D eigenvalue weighted by atomic mass is 16.4. The molecule has 13 heteroatoms. The van der Waals surface area contributed by atoms with E-state index < -0.39 is 65.6 Å². The van der Waals surface area contributed by atoms with E-state index in [0.29, 0.717) is 31.4 Å². The molecule has 2 bridgehead atoms. The first-order chi connectivity index (χ1) is 22.2. The van der Waals surface area contributed by atoms with Gasteiger partial charge in [-0.3, -0.25) is 28.8 Å². The Kier molecular flexibility index (Phi) is 13.1. The zero-order valence-corrected chi connectivity index (χ0v) is 28.1. The molecule has 7 atom stereocenters. The number of carboxylic acids is 1. The molecule has 0 spiro atoms. The van der Waals surface area contributed by atoms with Crippen LogP contribution in [0.4, 0.5) is 0 Å². The van der Waals surface area contributed by atoms with E-state index in [1.54, 1.807) is 58.0 Å². The van der Waals surface area contributed by atoms with E-state index in [1.807, 2.05) is 13.8 Å². The first kappa shape index (κ1) is 37.2. The van der Waals surface area contributed by atoms with Gasteiger partial charge in [-0.05, 0) is 42.1 Å². The van der Waals surface area contributed by atoms with Gasteiger partial charge in [0.25, 0.3) is 5.91 Å². The Morgan fingerprint density at radius 3 is 2.19 bits per heavy atom. The van der Waals surface area contributed by atoms with Crippen LogP contribution in [-0.4, -0.2) is 100.0 Å². The standard InChI is InChI=1S/C34H49N5O8/c1-7-11-25(29(41)31(43)36-24(34(46)47)16-22-12-9-8-10-13-22)38-15-14-23-17-39(28(21(23)6)33(38)45)32(44)27(20(4)5)37-30(42)26(19(2)3)35-18-40/h8-10,12-13,18-21,23-28H,7,11,14-17H2,1-6H3,(H,35,40)(H,36,43)(H,37,42)(H,46,47)/t21-,23-,24+,25?,26+,27-,28-/m0/s1. The number of ketones is 1. The van der Waals surface area contributed by atoms with Crippen molar-refractivity contribution >= 4 is 41.8 Å². The Labute approximate surface area is 276 Å². The summed E-state index contributed by atoms with van der Waals surface area (Å²) in [5.41, 5.74) is 0.672. The highest BCUT2D eigenvalue weighted by Gasteiger charge is 2.52. The second-order valence-electron chi connectivity index (χ2n) is 13.3. The number of aliphatic carboxylic acids is 1. The molecule has 2 heterocycles. The molecule has 2 aliphatic heterocycles. The first-order valence-electron chi connectivity index (χ1n) is 16.5. The van der Waals surface area contributed by atoms with Crippen molar-refractivity contribution in [2.24, 2.45) is 23.7 Å². The van der Waals surface area contributed by atoms with Gasteiger partial charge in [0.2, 0.25) is 29.9 Å². The summed E-state index contributed by atoms with van der Waals surface area (Å²) in [6.07, 6.45) is 1.56. The molecule has 258 valence electrons. The number of amides is 5. The van der Waals surface area contributed by atoms with Gasteiger partial charge < -0.3 is 30.9 Å². The molecule has 1 aromatic rings. The molecule has 1 aromatic carbocycles. The van der Waals surface area contributed by atoms with Crippen molar-refractivity contribution in [2.75, 3.05) is 13.1 Å². The van der Waals surface area contributed by atoms with Crippen molar-refractivity contribution in [3.63, 3.8) is 0 Å². The van der Waals surface area contributed by atoms with Crippen molar-refractivity contribution in [3.05, 3.63) is 35.9 Å². The van der Waals surface area contributed by atoms with E-state index in [1.165, 1.54) is 9.80 Å². The molecule has 3 rings (SSSR count). The minimum atomic E-state index is -1.35. The molecule has 0 aliphatic carbocycles. The molecule has 13 nitrogen and oxygen atoms in total. The van der Waals surface area contributed by atoms with Gasteiger partial charge in [0.05, 0.1) is 0 Å². The molecule has 2 fully saturated rings. The van der Waals surface area contributed by atoms with E-state index in [9.17, 15) is 38.7 Å². The summed E-state index contributed by atoms with van der Waals surface area (Å²) >= 11 is 0. The third kappa shape index (κ3) is 8.75. The summed E-state index contributed by atoms with van der Waals surface area (Å²) in [5.74, 6) is -5.55. The lowest BCUT2D eigenvalue weighted by atomic mass is 9.91. The number of fused-ring (bicyclic) bond motifs is 2. The largest absolute Gasteiger partial charge is 0.480 e. The Bertz CT molecular complexity index is 1320. The number of likely N-dealkylation sites (tertiary alicyclic amines) is 2. The van der Waals surface area contributed by atoms with Gasteiger partial charge in [-0.2, -0.15) is 0 Å². The Morgan fingerprint density at radius 2 is 1.64 bits per heavy atom. The Balaban J connectivity index is 1.84. The van der Waals surface area contributed by atoms with Crippen LogP contribution < -0.4 is 16.0 Å². The average molecular weight is 656 g/mol. The first-order valence-corrected chi connectivity index (χ1v) is 16.5. The van der Waals surface area contributed by atoms with Crippen LogP contribution in [0, 0.1) is 23.7 Å². The number of carbonyl (C=O) groups is 7. The topological polar surface area (TPSA) is 182 Å². The molecule has 1 unspecified atom stereocenters. The van der Waals surface area contributed by atoms with E-state index in [-0.39, 0.29) is 43.1 Å². The van der Waals surface area contributed by atoms with Crippen molar-refractivity contribution in [1.82, 2.24) is 25.8 Å². The van der Waals surface area contributed by atoms with Crippen LogP contribution in [0.3, 0.4) is 0 Å². The molecule has 5 amide bonds. The number of hydrogen-bond acceptors (Lipinski definition) is 7. The summed E-state index contributed by atoms with van der Waals surface area (Å²) in [6.45, 7) is 11.3. The summed E-state index contributed by atoms with van der Waals surface area (Å²) in [5, 5.41) is 17.4. The minimum Gasteiger partial charge on any atom is -0.480 e. The normalized spacial score (nSPS) is 21.8. The van der Waals surface area contributed by atoms with Crippen LogP contribution in [0.1, 0.15) is 66.4 Å². The van der Waals surface area contributed by atoms with Crippen LogP contribution in [0.15, 0.2) is 30.3 Å². The number of carboxylic acid groups (broad SMARTS) is 1. The summed E-state index contributed by atoms with van der Waals surface area (Å²) in [6, 6.07) is 3.51. The van der Waals surface area contributed by atoms with Gasteiger partial charge in [-0.25, -0.2) is 4.79 Å². The van der Waals surface area contributed by atoms with E-state index in [4.69, 9.17) is 0 Å². The monoisotopic (exact) mass is 655 g/mol. The molecule has 2 saturated heterocycles.